The number of aryl methyl sites for hydroxylation is 2. The van der Waals surface area contributed by atoms with Gasteiger partial charge in [0.1, 0.15) is 0 Å². The van der Waals surface area contributed by atoms with Crippen molar-refractivity contribution in [2.75, 3.05) is 37.4 Å². The first kappa shape index (κ1) is 22.5. The van der Waals surface area contributed by atoms with E-state index in [0.29, 0.717) is 43.2 Å². The summed E-state index contributed by atoms with van der Waals surface area (Å²) < 4.78 is 5.01. The predicted octanol–water partition coefficient (Wildman–Crippen LogP) is 3.91. The fourth-order valence-corrected chi connectivity index (χ4v) is 4.12. The molecule has 0 saturated carbocycles. The van der Waals surface area contributed by atoms with E-state index in [2.05, 4.69) is 15.5 Å². The van der Waals surface area contributed by atoms with Gasteiger partial charge in [-0.25, -0.2) is 0 Å². The molecule has 33 heavy (non-hydrogen) atoms. The molecule has 2 amide bonds. The summed E-state index contributed by atoms with van der Waals surface area (Å²) in [7, 11) is 3.97. The van der Waals surface area contributed by atoms with Gasteiger partial charge in [0.15, 0.2) is 0 Å². The van der Waals surface area contributed by atoms with Crippen LogP contribution in [0.15, 0.2) is 47.0 Å². The number of nitrogens with one attached hydrogen (secondary N) is 1. The van der Waals surface area contributed by atoms with Gasteiger partial charge in [-0.3, -0.25) is 9.59 Å². The fraction of sp³-hybridized carbons (Fsp3) is 0.360. The molecule has 1 saturated heterocycles. The predicted molar refractivity (Wildman–Crippen MR) is 127 cm³/mol. The maximum absolute atomic E-state index is 12.9. The van der Waals surface area contributed by atoms with Crippen LogP contribution in [0.1, 0.15) is 34.7 Å². The van der Waals surface area contributed by atoms with E-state index in [1.807, 2.05) is 61.2 Å². The highest BCUT2D eigenvalue weighted by Crippen LogP contribution is 2.25. The third-order valence-electron chi connectivity index (χ3n) is 6.03. The lowest BCUT2D eigenvalue weighted by Crippen LogP contribution is -2.41. The number of benzene rings is 2. The minimum atomic E-state index is -0.109. The minimum absolute atomic E-state index is 0.00964. The van der Waals surface area contributed by atoms with Crippen molar-refractivity contribution >= 4 is 23.2 Å². The van der Waals surface area contributed by atoms with Crippen LogP contribution in [-0.2, 0) is 4.79 Å². The molecule has 8 nitrogen and oxygen atoms in total. The Bertz CT molecular complexity index is 1150. The Morgan fingerprint density at radius 3 is 2.36 bits per heavy atom. The largest absolute Gasteiger partial charge is 0.377 e. The topological polar surface area (TPSA) is 91.6 Å². The van der Waals surface area contributed by atoms with Crippen molar-refractivity contribution in [3.8, 4) is 11.4 Å². The molecule has 2 aromatic carbocycles. The van der Waals surface area contributed by atoms with Gasteiger partial charge >= 0.3 is 0 Å². The molecular formula is C25H29N5O3. The highest BCUT2D eigenvalue weighted by molar-refractivity contribution is 5.96. The number of carbonyl (C=O) groups is 2. The Hall–Kier alpha value is -3.68. The normalized spacial score (nSPS) is 14.2. The second-order valence-electron chi connectivity index (χ2n) is 8.67. The summed E-state index contributed by atoms with van der Waals surface area (Å²) in [6.07, 6.45) is 1.29. The van der Waals surface area contributed by atoms with Crippen molar-refractivity contribution in [3.63, 3.8) is 0 Å². The molecule has 1 fully saturated rings. The maximum Gasteiger partial charge on any atom is 0.253 e. The zero-order valence-electron chi connectivity index (χ0n) is 19.5. The second-order valence-corrected chi connectivity index (χ2v) is 8.67. The molecular weight excluding hydrogens is 418 g/mol. The molecule has 0 aliphatic carbocycles. The van der Waals surface area contributed by atoms with Crippen molar-refractivity contribution < 1.29 is 14.1 Å². The summed E-state index contributed by atoms with van der Waals surface area (Å²) in [5.74, 6) is 0.874. The Morgan fingerprint density at radius 1 is 1.06 bits per heavy atom. The third kappa shape index (κ3) is 5.05. The lowest BCUT2D eigenvalue weighted by molar-refractivity contribution is -0.121. The van der Waals surface area contributed by atoms with Gasteiger partial charge in [-0.2, -0.15) is 4.98 Å². The first-order valence-corrected chi connectivity index (χ1v) is 11.1. The standard InChI is InChI=1S/C25H29N5O3/c1-16-5-10-21(15-22(16)29(3)4)27-24(31)19-11-13-30(14-12-19)25(32)20-8-6-18(7-9-20)23-26-17(2)33-28-23/h5-10,15,19H,11-14H2,1-4H3,(H,27,31). The lowest BCUT2D eigenvalue weighted by Gasteiger charge is -2.31. The van der Waals surface area contributed by atoms with Crippen LogP contribution in [0.25, 0.3) is 11.4 Å². The summed E-state index contributed by atoms with van der Waals surface area (Å²) in [5, 5.41) is 6.95. The third-order valence-corrected chi connectivity index (χ3v) is 6.03. The lowest BCUT2D eigenvalue weighted by atomic mass is 9.95. The quantitative estimate of drug-likeness (QED) is 0.638. The molecule has 0 bridgehead atoms. The zero-order chi connectivity index (χ0) is 23.5. The van der Waals surface area contributed by atoms with Crippen molar-refractivity contribution in [1.29, 1.82) is 0 Å². The average molecular weight is 448 g/mol. The van der Waals surface area contributed by atoms with Gasteiger partial charge in [-0.15, -0.1) is 0 Å². The number of hydrogen-bond donors (Lipinski definition) is 1. The molecule has 1 N–H and O–H groups in total. The summed E-state index contributed by atoms with van der Waals surface area (Å²) in [4.78, 5) is 33.8. The van der Waals surface area contributed by atoms with Gasteiger partial charge in [-0.1, -0.05) is 23.4 Å². The Morgan fingerprint density at radius 2 is 1.76 bits per heavy atom. The molecule has 1 aromatic heterocycles. The van der Waals surface area contributed by atoms with E-state index < -0.39 is 0 Å². The molecule has 0 unspecified atom stereocenters. The minimum Gasteiger partial charge on any atom is -0.377 e. The number of carbonyl (C=O) groups excluding carboxylic acids is 2. The van der Waals surface area contributed by atoms with Crippen LogP contribution in [0.2, 0.25) is 0 Å². The van der Waals surface area contributed by atoms with Crippen LogP contribution in [0.4, 0.5) is 11.4 Å². The molecule has 1 aliphatic heterocycles. The highest BCUT2D eigenvalue weighted by Gasteiger charge is 2.28. The van der Waals surface area contributed by atoms with E-state index >= 15 is 0 Å². The first-order chi connectivity index (χ1) is 15.8. The SMILES string of the molecule is Cc1nc(-c2ccc(C(=O)N3CCC(C(=O)Nc4ccc(C)c(N(C)C)c4)CC3)cc2)no1. The van der Waals surface area contributed by atoms with Gasteiger partial charge in [0.05, 0.1) is 0 Å². The van der Waals surface area contributed by atoms with E-state index in [0.717, 1.165) is 22.5 Å². The number of nitrogens with zero attached hydrogens (tertiary/aromatic N) is 4. The van der Waals surface area contributed by atoms with E-state index in [1.165, 1.54) is 0 Å². The van der Waals surface area contributed by atoms with Crippen LogP contribution < -0.4 is 10.2 Å². The number of anilines is 2. The van der Waals surface area contributed by atoms with Crippen LogP contribution in [0.3, 0.4) is 0 Å². The smallest absolute Gasteiger partial charge is 0.253 e. The maximum atomic E-state index is 12.9. The van der Waals surface area contributed by atoms with Crippen LogP contribution in [0.5, 0.6) is 0 Å². The van der Waals surface area contributed by atoms with Gasteiger partial charge in [-0.05, 0) is 49.6 Å². The number of rotatable bonds is 5. The van der Waals surface area contributed by atoms with Gasteiger partial charge < -0.3 is 19.6 Å². The van der Waals surface area contributed by atoms with Gasteiger partial charge in [0, 0.05) is 62.5 Å². The van der Waals surface area contributed by atoms with Crippen molar-refractivity contribution in [2.45, 2.75) is 26.7 Å². The monoisotopic (exact) mass is 447 g/mol. The molecule has 2 heterocycles. The summed E-state index contributed by atoms with van der Waals surface area (Å²) >= 11 is 0. The molecule has 0 spiro atoms. The van der Waals surface area contributed by atoms with E-state index in [9.17, 15) is 9.59 Å². The van der Waals surface area contributed by atoms with Crippen LogP contribution in [0, 0.1) is 19.8 Å². The van der Waals surface area contributed by atoms with E-state index in [1.54, 1.807) is 19.1 Å². The van der Waals surface area contributed by atoms with Crippen LogP contribution >= 0.6 is 0 Å². The number of aromatic nitrogens is 2. The average Bonchev–Trinajstić information content (AvgIpc) is 3.26. The Balaban J connectivity index is 1.33. The number of amides is 2. The van der Waals surface area contributed by atoms with E-state index in [-0.39, 0.29) is 17.7 Å². The second kappa shape index (κ2) is 9.44. The summed E-state index contributed by atoms with van der Waals surface area (Å²) in [6.45, 7) is 4.90. The molecule has 3 aromatic rings. The van der Waals surface area contributed by atoms with Gasteiger partial charge in [0.25, 0.3) is 5.91 Å². The number of hydrogen-bond acceptors (Lipinski definition) is 6. The van der Waals surface area contributed by atoms with E-state index in [4.69, 9.17) is 4.52 Å². The van der Waals surface area contributed by atoms with Crippen molar-refractivity contribution in [3.05, 3.63) is 59.5 Å². The van der Waals surface area contributed by atoms with Crippen molar-refractivity contribution in [1.82, 2.24) is 15.0 Å². The zero-order valence-corrected chi connectivity index (χ0v) is 19.5. The Kier molecular flexibility index (Phi) is 6.44. The first-order valence-electron chi connectivity index (χ1n) is 11.1. The summed E-state index contributed by atoms with van der Waals surface area (Å²) in [6, 6.07) is 13.1. The Labute approximate surface area is 193 Å². The molecule has 4 rings (SSSR count). The highest BCUT2D eigenvalue weighted by atomic mass is 16.5. The number of piperidine rings is 1. The summed E-state index contributed by atoms with van der Waals surface area (Å²) in [5.41, 5.74) is 4.44. The van der Waals surface area contributed by atoms with Crippen LogP contribution in [-0.4, -0.2) is 54.0 Å². The molecule has 1 aliphatic rings. The molecule has 0 radical (unpaired) electrons. The number of likely N-dealkylation sites (tertiary alicyclic amines) is 1. The molecule has 172 valence electrons. The van der Waals surface area contributed by atoms with Gasteiger partial charge in [0.2, 0.25) is 17.6 Å². The fourth-order valence-electron chi connectivity index (χ4n) is 4.12. The molecule has 8 heteroatoms. The van der Waals surface area contributed by atoms with Crippen molar-refractivity contribution in [2.24, 2.45) is 5.92 Å². The molecule has 0 atom stereocenters.